The van der Waals surface area contributed by atoms with Crippen molar-refractivity contribution in [2.45, 2.75) is 13.0 Å². The van der Waals surface area contributed by atoms with Gasteiger partial charge in [0.15, 0.2) is 12.4 Å². The van der Waals surface area contributed by atoms with E-state index in [0.29, 0.717) is 6.29 Å². The molecule has 0 unspecified atom stereocenters. The van der Waals surface area contributed by atoms with E-state index in [1.54, 1.807) is 18.2 Å². The van der Waals surface area contributed by atoms with E-state index >= 15 is 0 Å². The topological polar surface area (TPSA) is 98.5 Å². The van der Waals surface area contributed by atoms with Gasteiger partial charge in [-0.1, -0.05) is 29.3 Å². The quantitative estimate of drug-likeness (QED) is 0.460. The number of amides is 1. The summed E-state index contributed by atoms with van der Waals surface area (Å²) in [6, 6.07) is 8.27. The number of carbonyl (C=O) groups is 2. The van der Waals surface area contributed by atoms with E-state index in [1.807, 2.05) is 0 Å². The zero-order chi connectivity index (χ0) is 18.6. The molecule has 0 bridgehead atoms. The second-order valence-corrected chi connectivity index (χ2v) is 5.76. The third-order valence-corrected chi connectivity index (χ3v) is 3.85. The van der Waals surface area contributed by atoms with Crippen molar-refractivity contribution < 1.29 is 19.2 Å². The summed E-state index contributed by atoms with van der Waals surface area (Å²) in [5, 5.41) is 13.8. The summed E-state index contributed by atoms with van der Waals surface area (Å²) in [5.41, 5.74) is -0.0513. The number of non-ortho nitro benzene ring substituents is 1. The summed E-state index contributed by atoms with van der Waals surface area (Å²) in [4.78, 5) is 33.4. The number of carbonyl (C=O) groups excluding carboxylic acids is 2. The van der Waals surface area contributed by atoms with Crippen LogP contribution in [0.25, 0.3) is 0 Å². The average molecular weight is 383 g/mol. The molecule has 2 rings (SSSR count). The number of benzene rings is 2. The number of hydrogen-bond acceptors (Lipinski definition) is 5. The molecule has 0 aliphatic heterocycles. The standard InChI is InChI=1S/C16H12Cl2N2O5/c1-9(16(22)19-15-12(17)3-2-4-13(15)18)25-14-6-5-11(20(23)24)7-10(14)8-21/h2-9H,1H3,(H,19,22)/t9-/m1/s1. The highest BCUT2D eigenvalue weighted by atomic mass is 35.5. The number of aldehydes is 1. The highest BCUT2D eigenvalue weighted by Gasteiger charge is 2.20. The predicted octanol–water partition coefficient (Wildman–Crippen LogP) is 4.12. The number of nitrogens with zero attached hydrogens (tertiary/aromatic N) is 1. The van der Waals surface area contributed by atoms with Crippen molar-refractivity contribution in [3.05, 3.63) is 62.1 Å². The van der Waals surface area contributed by atoms with E-state index in [9.17, 15) is 19.7 Å². The Hall–Kier alpha value is -2.64. The lowest BCUT2D eigenvalue weighted by Gasteiger charge is -2.17. The molecule has 2 aromatic carbocycles. The molecule has 130 valence electrons. The van der Waals surface area contributed by atoms with Crippen LogP contribution in [0.5, 0.6) is 5.75 Å². The maximum absolute atomic E-state index is 12.2. The van der Waals surface area contributed by atoms with Gasteiger partial charge in [0.2, 0.25) is 0 Å². The van der Waals surface area contributed by atoms with Gasteiger partial charge in [0.1, 0.15) is 5.75 Å². The monoisotopic (exact) mass is 382 g/mol. The molecule has 0 aliphatic rings. The first-order chi connectivity index (χ1) is 11.8. The van der Waals surface area contributed by atoms with E-state index in [1.165, 1.54) is 19.1 Å². The maximum Gasteiger partial charge on any atom is 0.270 e. The van der Waals surface area contributed by atoms with Crippen LogP contribution >= 0.6 is 23.2 Å². The Morgan fingerprint density at radius 1 is 1.28 bits per heavy atom. The Kier molecular flexibility index (Phi) is 5.95. The number of nitrogens with one attached hydrogen (secondary N) is 1. The van der Waals surface area contributed by atoms with Crippen LogP contribution in [0.2, 0.25) is 10.0 Å². The number of anilines is 1. The van der Waals surface area contributed by atoms with Gasteiger partial charge in [-0.3, -0.25) is 19.7 Å². The van der Waals surface area contributed by atoms with Crippen LogP contribution in [0.15, 0.2) is 36.4 Å². The van der Waals surface area contributed by atoms with Crippen molar-refractivity contribution in [2.24, 2.45) is 0 Å². The minimum absolute atomic E-state index is 0.0374. The van der Waals surface area contributed by atoms with Crippen LogP contribution in [0.4, 0.5) is 11.4 Å². The summed E-state index contributed by atoms with van der Waals surface area (Å²) >= 11 is 12.0. The highest BCUT2D eigenvalue weighted by molar-refractivity contribution is 6.39. The zero-order valence-electron chi connectivity index (χ0n) is 12.9. The molecular formula is C16H12Cl2N2O5. The van der Waals surface area contributed by atoms with Crippen molar-refractivity contribution in [3.8, 4) is 5.75 Å². The third-order valence-electron chi connectivity index (χ3n) is 3.22. The molecular weight excluding hydrogens is 371 g/mol. The van der Waals surface area contributed by atoms with E-state index in [-0.39, 0.29) is 32.7 Å². The Bertz CT molecular complexity index is 821. The fraction of sp³-hybridized carbons (Fsp3) is 0.125. The molecule has 25 heavy (non-hydrogen) atoms. The molecule has 0 aliphatic carbocycles. The van der Waals surface area contributed by atoms with E-state index in [4.69, 9.17) is 27.9 Å². The molecule has 9 heteroatoms. The number of halogens is 2. The maximum atomic E-state index is 12.2. The van der Waals surface area contributed by atoms with Gasteiger partial charge in [-0.2, -0.15) is 0 Å². The lowest BCUT2D eigenvalue weighted by Crippen LogP contribution is -2.30. The van der Waals surface area contributed by atoms with Gasteiger partial charge in [0.25, 0.3) is 11.6 Å². The second-order valence-electron chi connectivity index (χ2n) is 4.94. The van der Waals surface area contributed by atoms with Gasteiger partial charge in [-0.15, -0.1) is 0 Å². The largest absolute Gasteiger partial charge is 0.480 e. The summed E-state index contributed by atoms with van der Waals surface area (Å²) < 4.78 is 5.43. The number of hydrogen-bond donors (Lipinski definition) is 1. The normalized spacial score (nSPS) is 11.5. The van der Waals surface area contributed by atoms with Gasteiger partial charge in [0.05, 0.1) is 26.2 Å². The number of nitro benzene ring substituents is 1. The molecule has 0 fully saturated rings. The van der Waals surface area contributed by atoms with E-state index in [2.05, 4.69) is 5.32 Å². The van der Waals surface area contributed by atoms with Crippen LogP contribution in [-0.2, 0) is 4.79 Å². The molecule has 0 saturated carbocycles. The highest BCUT2D eigenvalue weighted by Crippen LogP contribution is 2.30. The molecule has 1 atom stereocenters. The van der Waals surface area contributed by atoms with Crippen molar-refractivity contribution in [2.75, 3.05) is 5.32 Å². The predicted molar refractivity (Wildman–Crippen MR) is 93.7 cm³/mol. The van der Waals surface area contributed by atoms with Gasteiger partial charge in [0, 0.05) is 12.1 Å². The Morgan fingerprint density at radius 3 is 2.48 bits per heavy atom. The third kappa shape index (κ3) is 4.46. The van der Waals surface area contributed by atoms with E-state index < -0.39 is 16.9 Å². The summed E-state index contributed by atoms with van der Waals surface area (Å²) in [6.07, 6.45) is -0.592. The molecule has 1 amide bonds. The average Bonchev–Trinajstić information content (AvgIpc) is 2.58. The minimum Gasteiger partial charge on any atom is -0.480 e. The van der Waals surface area contributed by atoms with Gasteiger partial charge in [-0.05, 0) is 25.1 Å². The molecule has 0 spiro atoms. The first-order valence-electron chi connectivity index (χ1n) is 6.98. The minimum atomic E-state index is -1.01. The SMILES string of the molecule is C[C@@H](Oc1ccc([N+](=O)[O-])cc1C=O)C(=O)Nc1c(Cl)cccc1Cl. The molecule has 0 radical (unpaired) electrons. The van der Waals surface area contributed by atoms with Crippen LogP contribution in [0.1, 0.15) is 17.3 Å². The fourth-order valence-corrected chi connectivity index (χ4v) is 2.43. The smallest absolute Gasteiger partial charge is 0.270 e. The molecule has 1 N–H and O–H groups in total. The molecule has 0 aromatic heterocycles. The summed E-state index contributed by atoms with van der Waals surface area (Å²) in [6.45, 7) is 1.45. The number of rotatable bonds is 6. The van der Waals surface area contributed by atoms with Crippen LogP contribution in [-0.4, -0.2) is 23.2 Å². The van der Waals surface area contributed by atoms with Crippen LogP contribution in [0, 0.1) is 10.1 Å². The molecule has 0 heterocycles. The van der Waals surface area contributed by atoms with Gasteiger partial charge >= 0.3 is 0 Å². The number of nitro groups is 1. The van der Waals surface area contributed by atoms with Gasteiger partial charge in [-0.25, -0.2) is 0 Å². The molecule has 2 aromatic rings. The van der Waals surface area contributed by atoms with Crippen molar-refractivity contribution in [1.82, 2.24) is 0 Å². The summed E-state index contributed by atoms with van der Waals surface area (Å²) in [5.74, 6) is -0.501. The van der Waals surface area contributed by atoms with E-state index in [0.717, 1.165) is 6.07 Å². The van der Waals surface area contributed by atoms with Crippen molar-refractivity contribution in [3.63, 3.8) is 0 Å². The second kappa shape index (κ2) is 7.96. The first-order valence-corrected chi connectivity index (χ1v) is 7.74. The lowest BCUT2D eigenvalue weighted by molar-refractivity contribution is -0.384. The lowest BCUT2D eigenvalue weighted by atomic mass is 10.2. The van der Waals surface area contributed by atoms with Crippen LogP contribution < -0.4 is 10.1 Å². The Balaban J connectivity index is 2.16. The molecule has 0 saturated heterocycles. The number of para-hydroxylation sites is 1. The number of ether oxygens (including phenoxy) is 1. The Morgan fingerprint density at radius 2 is 1.92 bits per heavy atom. The Labute approximate surface area is 152 Å². The zero-order valence-corrected chi connectivity index (χ0v) is 14.4. The van der Waals surface area contributed by atoms with Gasteiger partial charge < -0.3 is 10.1 Å². The van der Waals surface area contributed by atoms with Crippen molar-refractivity contribution >= 4 is 46.8 Å². The first kappa shape index (κ1) is 18.7. The summed E-state index contributed by atoms with van der Waals surface area (Å²) in [7, 11) is 0. The van der Waals surface area contributed by atoms with Crippen LogP contribution in [0.3, 0.4) is 0 Å². The molecule has 7 nitrogen and oxygen atoms in total. The fourth-order valence-electron chi connectivity index (χ4n) is 1.93. The van der Waals surface area contributed by atoms with Crippen molar-refractivity contribution in [1.29, 1.82) is 0 Å².